The van der Waals surface area contributed by atoms with Gasteiger partial charge in [-0.3, -0.25) is 18.9 Å². The summed E-state index contributed by atoms with van der Waals surface area (Å²) in [4.78, 5) is 45.8. The van der Waals surface area contributed by atoms with Crippen LogP contribution in [0.15, 0.2) is 49.6 Å². The number of phosphoric ester groups is 1. The number of carbonyl (C=O) groups excluding carboxylic acids is 1. The first kappa shape index (κ1) is 29.5. The molecule has 1 aromatic carbocycles. The molecule has 206 valence electrons. The first-order valence-corrected chi connectivity index (χ1v) is 13.1. The highest BCUT2D eigenvalue weighted by Crippen LogP contribution is 2.51. The largest absolute Gasteiger partial charge is 0.589 e. The molecule has 0 saturated carbocycles. The van der Waals surface area contributed by atoms with Crippen molar-refractivity contribution in [1.29, 1.82) is 0 Å². The summed E-state index contributed by atoms with van der Waals surface area (Å²) in [5.41, 5.74) is 7.76. The molecule has 18 heteroatoms. The zero-order valence-corrected chi connectivity index (χ0v) is 22.7. The van der Waals surface area contributed by atoms with E-state index in [1.54, 1.807) is 12.1 Å². The molecule has 2 heterocycles. The number of nitrogens with zero attached hydrogens (tertiary/aromatic N) is 4. The first-order valence-electron chi connectivity index (χ1n) is 10.9. The Labute approximate surface area is 223 Å². The average Bonchev–Trinajstić information content (AvgIpc) is 3.17. The highest BCUT2D eigenvalue weighted by Gasteiger charge is 2.50. The van der Waals surface area contributed by atoms with Gasteiger partial charge >= 0.3 is 19.5 Å². The van der Waals surface area contributed by atoms with Crippen molar-refractivity contribution in [3.63, 3.8) is 0 Å². The van der Waals surface area contributed by atoms with Gasteiger partial charge in [0.25, 0.3) is 5.56 Å². The predicted molar refractivity (Wildman–Crippen MR) is 133 cm³/mol. The minimum atomic E-state index is -4.74. The summed E-state index contributed by atoms with van der Waals surface area (Å²) in [5.74, 6) is -1.04. The molecule has 1 fully saturated rings. The van der Waals surface area contributed by atoms with Gasteiger partial charge < -0.3 is 23.7 Å². The third-order valence-corrected chi connectivity index (χ3v) is 7.08. The van der Waals surface area contributed by atoms with Crippen molar-refractivity contribution in [3.8, 4) is 5.75 Å². The van der Waals surface area contributed by atoms with Crippen molar-refractivity contribution in [3.05, 3.63) is 71.8 Å². The number of ether oxygens (including phenoxy) is 1. The van der Waals surface area contributed by atoms with Gasteiger partial charge in [-0.2, -0.15) is 5.48 Å². The smallest absolute Gasteiger partial charge is 0.395 e. The number of aliphatic hydroxyl groups is 1. The lowest BCUT2D eigenvalue weighted by Crippen LogP contribution is -2.39. The Hall–Kier alpha value is -3.01. The molecular formula is C20H24BrN6O10P. The first-order chi connectivity index (χ1) is 17.9. The minimum absolute atomic E-state index is 0.0162. The van der Waals surface area contributed by atoms with Gasteiger partial charge in [0.15, 0.2) is 5.72 Å². The number of H-pyrrole nitrogens is 1. The molecule has 16 nitrogen and oxygen atoms in total. The number of hydroxylamine groups is 1. The molecule has 1 aliphatic rings. The monoisotopic (exact) mass is 618 g/mol. The number of carbonyl (C=O) groups is 1. The van der Waals surface area contributed by atoms with Crippen LogP contribution < -0.4 is 21.3 Å². The van der Waals surface area contributed by atoms with Crippen LogP contribution in [0.1, 0.15) is 25.1 Å². The molecule has 3 N–H and O–H groups in total. The molecule has 1 unspecified atom stereocenters. The molecule has 0 amide bonds. The SMILES string of the molecule is CON[C@@H](C)C(=O)OP(=O)(OC[C@H]1O[C@@H](n2cc(C)c(=O)[nH]c2=O)C[C@@]1(O)N=[N+]=[N-])Oc1ccc(Br)cc1. The van der Waals surface area contributed by atoms with Gasteiger partial charge in [0.1, 0.15) is 24.1 Å². The number of halogens is 1. The number of azide groups is 1. The number of aromatic nitrogens is 2. The van der Waals surface area contributed by atoms with Crippen LogP contribution in [-0.2, 0) is 28.0 Å². The summed E-state index contributed by atoms with van der Waals surface area (Å²) in [6, 6.07) is 4.92. The quantitative estimate of drug-likeness (QED) is 0.109. The van der Waals surface area contributed by atoms with E-state index >= 15 is 0 Å². The molecule has 1 aliphatic heterocycles. The minimum Gasteiger partial charge on any atom is -0.395 e. The predicted octanol–water partition coefficient (Wildman–Crippen LogP) is 2.18. The van der Waals surface area contributed by atoms with Crippen molar-refractivity contribution < 1.29 is 37.6 Å². The van der Waals surface area contributed by atoms with Crippen LogP contribution >= 0.6 is 23.8 Å². The van der Waals surface area contributed by atoms with Gasteiger partial charge in [-0.25, -0.2) is 14.2 Å². The van der Waals surface area contributed by atoms with E-state index in [1.165, 1.54) is 39.3 Å². The molecule has 5 atom stereocenters. The third kappa shape index (κ3) is 7.09. The fourth-order valence-electron chi connectivity index (χ4n) is 3.32. The lowest BCUT2D eigenvalue weighted by Gasteiger charge is -2.25. The second-order valence-corrected chi connectivity index (χ2v) is 10.5. The standard InChI is InChI=1S/C20H24BrN6O10P/c1-11-9-27(19(30)23-17(11)28)16-8-20(31,25-26-22)15(35-16)10-34-38(32,37-18(29)12(2)24-33-3)36-14-6-4-13(21)5-7-14/h4-7,9,12,15-16,24,31H,8,10H2,1-3H3,(H,23,28,30)/t12-,15+,16+,20-,38?/m0/s1. The number of hydrogen-bond acceptors (Lipinski definition) is 12. The molecule has 1 saturated heterocycles. The Kier molecular flexibility index (Phi) is 9.51. The highest BCUT2D eigenvalue weighted by atomic mass is 79.9. The Bertz CT molecular complexity index is 1380. The second kappa shape index (κ2) is 12.2. The maximum Gasteiger partial charge on any atom is 0.589 e. The van der Waals surface area contributed by atoms with Crippen molar-refractivity contribution >= 4 is 29.7 Å². The number of benzene rings is 1. The molecular weight excluding hydrogens is 595 g/mol. The maximum absolute atomic E-state index is 13.5. The molecule has 0 aliphatic carbocycles. The van der Waals surface area contributed by atoms with Crippen molar-refractivity contribution in [2.24, 2.45) is 5.11 Å². The van der Waals surface area contributed by atoms with Gasteiger partial charge in [-0.05, 0) is 43.6 Å². The Morgan fingerprint density at radius 1 is 1.45 bits per heavy atom. The second-order valence-electron chi connectivity index (χ2n) is 8.07. The summed E-state index contributed by atoms with van der Waals surface area (Å²) in [5, 5.41) is 14.3. The third-order valence-electron chi connectivity index (χ3n) is 5.25. The lowest BCUT2D eigenvalue weighted by molar-refractivity contribution is -0.141. The van der Waals surface area contributed by atoms with Crippen molar-refractivity contribution in [2.45, 2.75) is 44.4 Å². The summed E-state index contributed by atoms with van der Waals surface area (Å²) in [7, 11) is -3.47. The van der Waals surface area contributed by atoms with Crippen LogP contribution in [0.4, 0.5) is 0 Å². The van der Waals surface area contributed by atoms with Crippen LogP contribution in [0.2, 0.25) is 0 Å². The van der Waals surface area contributed by atoms with E-state index in [0.29, 0.717) is 4.47 Å². The Balaban J connectivity index is 1.87. The van der Waals surface area contributed by atoms with Crippen LogP contribution in [0.25, 0.3) is 10.4 Å². The fraction of sp³-hybridized carbons (Fsp3) is 0.450. The topological polar surface area (TPSA) is 216 Å². The summed E-state index contributed by atoms with van der Waals surface area (Å²) < 4.78 is 36.6. The Morgan fingerprint density at radius 2 is 2.13 bits per heavy atom. The van der Waals surface area contributed by atoms with Gasteiger partial charge in [0, 0.05) is 27.6 Å². The summed E-state index contributed by atoms with van der Waals surface area (Å²) in [6.45, 7) is 2.05. The molecule has 38 heavy (non-hydrogen) atoms. The molecule has 0 radical (unpaired) electrons. The number of rotatable bonds is 11. The van der Waals surface area contributed by atoms with E-state index in [0.717, 1.165) is 4.57 Å². The van der Waals surface area contributed by atoms with E-state index in [2.05, 4.69) is 41.3 Å². The number of nitrogens with one attached hydrogen (secondary N) is 2. The van der Waals surface area contributed by atoms with Gasteiger partial charge in [0.2, 0.25) is 0 Å². The van der Waals surface area contributed by atoms with E-state index in [9.17, 15) is 24.1 Å². The van der Waals surface area contributed by atoms with E-state index in [1.807, 2.05) is 0 Å². The molecule has 0 spiro atoms. The molecule has 2 aromatic rings. The molecule has 1 aromatic heterocycles. The van der Waals surface area contributed by atoms with Crippen LogP contribution in [-0.4, -0.2) is 52.2 Å². The van der Waals surface area contributed by atoms with Gasteiger partial charge in [-0.1, -0.05) is 21.0 Å². The van der Waals surface area contributed by atoms with E-state index in [4.69, 9.17) is 23.8 Å². The van der Waals surface area contributed by atoms with Crippen LogP contribution in [0.5, 0.6) is 5.75 Å². The van der Waals surface area contributed by atoms with Crippen molar-refractivity contribution in [2.75, 3.05) is 13.7 Å². The fourth-order valence-corrected chi connectivity index (χ4v) is 4.81. The van der Waals surface area contributed by atoms with Crippen molar-refractivity contribution in [1.82, 2.24) is 15.0 Å². The average molecular weight is 619 g/mol. The molecule has 3 rings (SSSR count). The zero-order valence-electron chi connectivity index (χ0n) is 20.3. The van der Waals surface area contributed by atoms with Gasteiger partial charge in [0.05, 0.1) is 13.7 Å². The number of hydrogen-bond donors (Lipinski definition) is 3. The summed E-state index contributed by atoms with van der Waals surface area (Å²) >= 11 is 3.25. The molecule has 0 bridgehead atoms. The number of aromatic amines is 1. The Morgan fingerprint density at radius 3 is 2.76 bits per heavy atom. The number of aryl methyl sites for hydroxylation is 1. The normalized spacial score (nSPS) is 23.2. The van der Waals surface area contributed by atoms with Crippen LogP contribution in [0.3, 0.4) is 0 Å². The highest BCUT2D eigenvalue weighted by molar-refractivity contribution is 9.10. The van der Waals surface area contributed by atoms with E-state index in [-0.39, 0.29) is 11.3 Å². The van der Waals surface area contributed by atoms with E-state index < -0.39 is 62.2 Å². The lowest BCUT2D eigenvalue weighted by atomic mass is 10.1. The van der Waals surface area contributed by atoms with Crippen LogP contribution in [0, 0.1) is 6.92 Å². The summed E-state index contributed by atoms with van der Waals surface area (Å²) in [6.07, 6.45) is -1.93. The number of phosphoric acid groups is 1. The zero-order chi connectivity index (χ0) is 28.1. The van der Waals surface area contributed by atoms with Gasteiger partial charge in [-0.15, -0.1) is 0 Å². The maximum atomic E-state index is 13.5.